The maximum atomic E-state index is 10.4. The first kappa shape index (κ1) is 23.5. The van der Waals surface area contributed by atoms with Gasteiger partial charge in [-0.15, -0.1) is 11.3 Å². The fourth-order valence-corrected chi connectivity index (χ4v) is 3.76. The van der Waals surface area contributed by atoms with Crippen molar-refractivity contribution in [2.75, 3.05) is 26.2 Å². The van der Waals surface area contributed by atoms with Crippen molar-refractivity contribution in [1.82, 2.24) is 15.6 Å². The Morgan fingerprint density at radius 2 is 2.07 bits per heavy atom. The zero-order valence-electron chi connectivity index (χ0n) is 18.4. The SMILES string of the molecule is CCC(CO)[C@@H](O)CN=C1NC(NCC(C)(C)C)=NCC(C)=C1c1ncc(C)s1. The minimum atomic E-state index is -0.704. The summed E-state index contributed by atoms with van der Waals surface area (Å²) in [4.78, 5) is 15.0. The van der Waals surface area contributed by atoms with Gasteiger partial charge in [0.15, 0.2) is 5.96 Å². The van der Waals surface area contributed by atoms with Gasteiger partial charge in [-0.1, -0.05) is 27.7 Å². The van der Waals surface area contributed by atoms with Crippen LogP contribution in [0, 0.1) is 18.3 Å². The van der Waals surface area contributed by atoms with Crippen molar-refractivity contribution < 1.29 is 10.2 Å². The Labute approximate surface area is 178 Å². The molecule has 4 N–H and O–H groups in total. The van der Waals surface area contributed by atoms with Gasteiger partial charge < -0.3 is 20.8 Å². The van der Waals surface area contributed by atoms with Gasteiger partial charge in [-0.05, 0) is 31.3 Å². The van der Waals surface area contributed by atoms with Crippen molar-refractivity contribution in [2.45, 2.75) is 54.1 Å². The molecule has 2 rings (SSSR count). The van der Waals surface area contributed by atoms with Gasteiger partial charge in [0, 0.05) is 30.1 Å². The van der Waals surface area contributed by atoms with E-state index >= 15 is 0 Å². The number of nitrogens with zero attached hydrogens (tertiary/aromatic N) is 3. The molecule has 1 unspecified atom stereocenters. The Kier molecular flexibility index (Phi) is 8.36. The Balaban J connectivity index is 2.32. The summed E-state index contributed by atoms with van der Waals surface area (Å²) in [5, 5.41) is 27.5. The quantitative estimate of drug-likeness (QED) is 0.542. The molecule has 1 aromatic heterocycles. The highest BCUT2D eigenvalue weighted by molar-refractivity contribution is 7.13. The number of aliphatic imine (C=N–C) groups is 2. The smallest absolute Gasteiger partial charge is 0.197 e. The zero-order valence-corrected chi connectivity index (χ0v) is 19.2. The molecule has 0 aromatic carbocycles. The second-order valence-electron chi connectivity index (χ2n) is 8.74. The summed E-state index contributed by atoms with van der Waals surface area (Å²) in [5.74, 6) is 1.14. The zero-order chi connectivity index (χ0) is 21.6. The molecule has 29 heavy (non-hydrogen) atoms. The highest BCUT2D eigenvalue weighted by Gasteiger charge is 2.23. The lowest BCUT2D eigenvalue weighted by atomic mass is 9.97. The maximum absolute atomic E-state index is 10.4. The normalized spacial score (nSPS) is 18.9. The molecular weight excluding hydrogens is 386 g/mol. The lowest BCUT2D eigenvalue weighted by Gasteiger charge is -2.22. The van der Waals surface area contributed by atoms with E-state index in [-0.39, 0.29) is 24.5 Å². The van der Waals surface area contributed by atoms with E-state index in [2.05, 4.69) is 41.4 Å². The van der Waals surface area contributed by atoms with Gasteiger partial charge in [0.2, 0.25) is 0 Å². The first-order valence-electron chi connectivity index (χ1n) is 10.2. The average molecular weight is 422 g/mol. The van der Waals surface area contributed by atoms with Gasteiger partial charge in [-0.3, -0.25) is 4.99 Å². The van der Waals surface area contributed by atoms with E-state index in [9.17, 15) is 10.2 Å². The van der Waals surface area contributed by atoms with Crippen molar-refractivity contribution in [3.63, 3.8) is 0 Å². The van der Waals surface area contributed by atoms with E-state index < -0.39 is 6.10 Å². The number of hydrogen-bond acceptors (Lipinski definition) is 7. The molecule has 0 saturated heterocycles. The molecule has 2 atom stereocenters. The molecule has 7 nitrogen and oxygen atoms in total. The molecule has 0 bridgehead atoms. The number of hydrogen-bond donors (Lipinski definition) is 4. The van der Waals surface area contributed by atoms with E-state index in [4.69, 9.17) is 4.99 Å². The van der Waals surface area contributed by atoms with Crippen molar-refractivity contribution in [3.05, 3.63) is 21.7 Å². The summed E-state index contributed by atoms with van der Waals surface area (Å²) in [7, 11) is 0. The molecule has 2 heterocycles. The number of aliphatic hydroxyl groups is 2. The lowest BCUT2D eigenvalue weighted by molar-refractivity contribution is 0.0717. The van der Waals surface area contributed by atoms with Crippen LogP contribution in [0.25, 0.3) is 5.57 Å². The fourth-order valence-electron chi connectivity index (χ4n) is 2.87. The van der Waals surface area contributed by atoms with Crippen LogP contribution in [-0.2, 0) is 0 Å². The number of aromatic nitrogens is 1. The minimum Gasteiger partial charge on any atom is -0.396 e. The highest BCUT2D eigenvalue weighted by atomic mass is 32.1. The summed E-state index contributed by atoms with van der Waals surface area (Å²) in [5.41, 5.74) is 2.11. The number of rotatable bonds is 7. The molecule has 1 aromatic rings. The van der Waals surface area contributed by atoms with Crippen LogP contribution in [0.4, 0.5) is 0 Å². The number of aryl methyl sites for hydroxylation is 1. The van der Waals surface area contributed by atoms with Crippen molar-refractivity contribution in [1.29, 1.82) is 0 Å². The van der Waals surface area contributed by atoms with Crippen LogP contribution >= 0.6 is 11.3 Å². The minimum absolute atomic E-state index is 0.0524. The molecule has 1 aliphatic rings. The number of thiazole rings is 1. The Hall–Kier alpha value is -1.77. The van der Waals surface area contributed by atoms with Gasteiger partial charge in [0.05, 0.1) is 24.8 Å². The topological polar surface area (TPSA) is 102 Å². The summed E-state index contributed by atoms with van der Waals surface area (Å²) < 4.78 is 0. The van der Waals surface area contributed by atoms with E-state index in [1.807, 2.05) is 27.0 Å². The van der Waals surface area contributed by atoms with Crippen LogP contribution in [0.2, 0.25) is 0 Å². The number of nitrogens with one attached hydrogen (secondary N) is 2. The van der Waals surface area contributed by atoms with E-state index in [1.165, 1.54) is 0 Å². The van der Waals surface area contributed by atoms with E-state index in [0.29, 0.717) is 24.8 Å². The Morgan fingerprint density at radius 1 is 1.34 bits per heavy atom. The van der Waals surface area contributed by atoms with Gasteiger partial charge in [-0.2, -0.15) is 0 Å². The number of guanidine groups is 1. The lowest BCUT2D eigenvalue weighted by Crippen LogP contribution is -2.44. The first-order valence-corrected chi connectivity index (χ1v) is 11.0. The fraction of sp³-hybridized carbons (Fsp3) is 0.667. The third-order valence-electron chi connectivity index (χ3n) is 4.74. The monoisotopic (exact) mass is 421 g/mol. The predicted molar refractivity (Wildman–Crippen MR) is 122 cm³/mol. The number of amidine groups is 1. The Bertz CT molecular complexity index is 772. The van der Waals surface area contributed by atoms with Gasteiger partial charge in [-0.25, -0.2) is 9.98 Å². The van der Waals surface area contributed by atoms with Crippen LogP contribution in [0.1, 0.15) is 50.9 Å². The molecular formula is C21H35N5O2S. The molecule has 0 saturated carbocycles. The predicted octanol–water partition coefficient (Wildman–Crippen LogP) is 2.60. The molecule has 162 valence electrons. The van der Waals surface area contributed by atoms with E-state index in [0.717, 1.165) is 27.6 Å². The van der Waals surface area contributed by atoms with Crippen LogP contribution in [0.3, 0.4) is 0 Å². The third-order valence-corrected chi connectivity index (χ3v) is 5.67. The molecule has 0 fully saturated rings. The molecule has 0 aliphatic carbocycles. The second kappa shape index (κ2) is 10.3. The highest BCUT2D eigenvalue weighted by Crippen LogP contribution is 2.26. The van der Waals surface area contributed by atoms with Crippen LogP contribution in [-0.4, -0.2) is 59.3 Å². The summed E-state index contributed by atoms with van der Waals surface area (Å²) in [6.45, 7) is 14.0. The largest absolute Gasteiger partial charge is 0.396 e. The molecule has 0 radical (unpaired) electrons. The van der Waals surface area contributed by atoms with Crippen molar-refractivity contribution in [3.8, 4) is 0 Å². The van der Waals surface area contributed by atoms with E-state index in [1.54, 1.807) is 11.3 Å². The first-order chi connectivity index (χ1) is 13.6. The van der Waals surface area contributed by atoms with Crippen LogP contribution in [0.5, 0.6) is 0 Å². The summed E-state index contributed by atoms with van der Waals surface area (Å²) >= 11 is 1.62. The van der Waals surface area contributed by atoms with Crippen molar-refractivity contribution >= 4 is 28.7 Å². The molecule has 0 amide bonds. The van der Waals surface area contributed by atoms with Crippen molar-refractivity contribution in [2.24, 2.45) is 21.3 Å². The van der Waals surface area contributed by atoms with Gasteiger partial charge >= 0.3 is 0 Å². The standard InChI is InChI=1S/C21H35N5O2S/c1-7-15(11-27)16(28)10-22-18-17(19-23-9-14(3)29-19)13(2)8-24-20(26-18)25-12-21(4,5)6/h9,15-16,27-28H,7-8,10-12H2,1-6H3,(H2,22,24,25,26)/t15?,16-/m0/s1. The van der Waals surface area contributed by atoms with Crippen LogP contribution in [0.15, 0.2) is 21.8 Å². The molecule has 1 aliphatic heterocycles. The maximum Gasteiger partial charge on any atom is 0.197 e. The molecule has 0 spiro atoms. The second-order valence-corrected chi connectivity index (χ2v) is 9.98. The average Bonchev–Trinajstić information content (AvgIpc) is 3.00. The summed E-state index contributed by atoms with van der Waals surface area (Å²) in [6, 6.07) is 0. The summed E-state index contributed by atoms with van der Waals surface area (Å²) in [6.07, 6.45) is 1.85. The van der Waals surface area contributed by atoms with Crippen LogP contribution < -0.4 is 10.6 Å². The Morgan fingerprint density at radius 3 is 2.62 bits per heavy atom. The van der Waals surface area contributed by atoms with Gasteiger partial charge in [0.1, 0.15) is 10.8 Å². The van der Waals surface area contributed by atoms with Gasteiger partial charge in [0.25, 0.3) is 0 Å². The number of aliphatic hydroxyl groups excluding tert-OH is 2. The molecule has 8 heteroatoms. The third kappa shape index (κ3) is 6.90.